The summed E-state index contributed by atoms with van der Waals surface area (Å²) in [4.78, 5) is 24.8. The van der Waals surface area contributed by atoms with E-state index in [2.05, 4.69) is 16.0 Å². The van der Waals surface area contributed by atoms with Crippen molar-refractivity contribution < 1.29 is 35.9 Å². The van der Waals surface area contributed by atoms with Crippen LogP contribution in [0.1, 0.15) is 41.7 Å². The van der Waals surface area contributed by atoms with Gasteiger partial charge >= 0.3 is 12.4 Å². The molecule has 3 atom stereocenters. The maximum absolute atomic E-state index is 13.1. The average Bonchev–Trinajstić information content (AvgIpc) is 2.72. The molecule has 3 N–H and O–H groups in total. The van der Waals surface area contributed by atoms with E-state index in [1.54, 1.807) is 30.3 Å². The van der Waals surface area contributed by atoms with Crippen LogP contribution < -0.4 is 16.0 Å². The largest absolute Gasteiger partial charge is 0.416 e. The summed E-state index contributed by atoms with van der Waals surface area (Å²) in [5, 5.41) is 7.75. The van der Waals surface area contributed by atoms with Gasteiger partial charge in [-0.2, -0.15) is 26.3 Å². The molecular formula is C21H19F6N3O2. The molecule has 1 fully saturated rings. The summed E-state index contributed by atoms with van der Waals surface area (Å²) >= 11 is 0. The second-order valence-corrected chi connectivity index (χ2v) is 7.33. The second-order valence-electron chi connectivity index (χ2n) is 7.33. The lowest BCUT2D eigenvalue weighted by molar-refractivity contribution is -0.144. The summed E-state index contributed by atoms with van der Waals surface area (Å²) in [6, 6.07) is 8.95. The lowest BCUT2D eigenvalue weighted by Gasteiger charge is -2.32. The highest BCUT2D eigenvalue weighted by molar-refractivity contribution is 5.89. The average molecular weight is 459 g/mol. The number of benzene rings is 2. The number of carbonyl (C=O) groups is 2. The van der Waals surface area contributed by atoms with Crippen LogP contribution in [0.15, 0.2) is 54.6 Å². The van der Waals surface area contributed by atoms with Gasteiger partial charge in [0.05, 0.1) is 30.5 Å². The SMILES string of the molecule is O=C1CC(C(=O)N[C@H](CC(F)(F)F)c2ccc(C(F)(F)F)cc2)NC(c2ccccc2)N1. The third-order valence-corrected chi connectivity index (χ3v) is 4.90. The fraction of sp³-hybridized carbons (Fsp3) is 0.333. The number of amides is 2. The van der Waals surface area contributed by atoms with E-state index in [1.807, 2.05) is 0 Å². The van der Waals surface area contributed by atoms with Crippen molar-refractivity contribution in [1.29, 1.82) is 0 Å². The molecule has 11 heteroatoms. The second kappa shape index (κ2) is 9.19. The molecule has 32 heavy (non-hydrogen) atoms. The Morgan fingerprint density at radius 3 is 2.19 bits per heavy atom. The number of hydrogen-bond donors (Lipinski definition) is 3. The Morgan fingerprint density at radius 1 is 1.00 bits per heavy atom. The quantitative estimate of drug-likeness (QED) is 0.593. The minimum Gasteiger partial charge on any atom is -0.348 e. The van der Waals surface area contributed by atoms with E-state index in [1.165, 1.54) is 0 Å². The van der Waals surface area contributed by atoms with Crippen molar-refractivity contribution in [2.45, 2.75) is 43.4 Å². The standard InChI is InChI=1S/C21H19F6N3O2/c22-20(23,24)11-16(12-6-8-14(9-7-12)21(25,26)27)29-19(32)15-10-17(31)30-18(28-15)13-4-2-1-3-5-13/h1-9,15-16,18,28H,10-11H2,(H,29,32)(H,30,31)/t15?,16-,18?/m1/s1. The minimum absolute atomic E-state index is 0.136. The van der Waals surface area contributed by atoms with E-state index in [4.69, 9.17) is 0 Å². The molecule has 2 unspecified atom stereocenters. The van der Waals surface area contributed by atoms with Crippen molar-refractivity contribution in [1.82, 2.24) is 16.0 Å². The van der Waals surface area contributed by atoms with Gasteiger partial charge in [0.25, 0.3) is 0 Å². The molecule has 1 aliphatic heterocycles. The molecule has 0 radical (unpaired) electrons. The zero-order valence-electron chi connectivity index (χ0n) is 16.4. The monoisotopic (exact) mass is 459 g/mol. The summed E-state index contributed by atoms with van der Waals surface area (Å²) in [5.41, 5.74) is -0.508. The van der Waals surface area contributed by atoms with E-state index >= 15 is 0 Å². The van der Waals surface area contributed by atoms with Crippen LogP contribution in [0.5, 0.6) is 0 Å². The maximum Gasteiger partial charge on any atom is 0.416 e. The molecule has 2 amide bonds. The normalized spacial score (nSPS) is 20.4. The Labute approximate surface area is 179 Å². The van der Waals surface area contributed by atoms with Gasteiger partial charge in [0.15, 0.2) is 0 Å². The van der Waals surface area contributed by atoms with E-state index in [-0.39, 0.29) is 12.0 Å². The lowest BCUT2D eigenvalue weighted by Crippen LogP contribution is -2.56. The Balaban J connectivity index is 1.78. The number of carbonyl (C=O) groups excluding carboxylic acids is 2. The van der Waals surface area contributed by atoms with Gasteiger partial charge in [0.2, 0.25) is 11.8 Å². The van der Waals surface area contributed by atoms with Gasteiger partial charge in [-0.15, -0.1) is 0 Å². The Kier molecular flexibility index (Phi) is 6.77. The lowest BCUT2D eigenvalue weighted by atomic mass is 10.00. The van der Waals surface area contributed by atoms with Gasteiger partial charge in [0, 0.05) is 0 Å². The van der Waals surface area contributed by atoms with E-state index in [9.17, 15) is 35.9 Å². The Bertz CT molecular complexity index is 945. The topological polar surface area (TPSA) is 70.2 Å². The first-order valence-corrected chi connectivity index (χ1v) is 9.57. The number of nitrogens with one attached hydrogen (secondary N) is 3. The number of halogens is 6. The molecule has 1 aliphatic rings. The molecule has 0 aliphatic carbocycles. The molecule has 1 heterocycles. The zero-order valence-corrected chi connectivity index (χ0v) is 16.4. The summed E-state index contributed by atoms with van der Waals surface area (Å²) in [6.45, 7) is 0. The molecule has 0 aromatic heterocycles. The summed E-state index contributed by atoms with van der Waals surface area (Å²) in [6.07, 6.45) is -11.8. The van der Waals surface area contributed by atoms with Crippen LogP contribution >= 0.6 is 0 Å². The number of alkyl halides is 6. The summed E-state index contributed by atoms with van der Waals surface area (Å²) in [5.74, 6) is -1.34. The van der Waals surface area contributed by atoms with Crippen LogP contribution in [-0.2, 0) is 15.8 Å². The number of rotatable bonds is 5. The summed E-state index contributed by atoms with van der Waals surface area (Å²) < 4.78 is 77.5. The van der Waals surface area contributed by atoms with Gasteiger partial charge in [-0.25, -0.2) is 0 Å². The van der Waals surface area contributed by atoms with Crippen molar-refractivity contribution in [3.05, 3.63) is 71.3 Å². The molecule has 172 valence electrons. The van der Waals surface area contributed by atoms with E-state index < -0.39 is 54.4 Å². The smallest absolute Gasteiger partial charge is 0.348 e. The van der Waals surface area contributed by atoms with E-state index in [0.29, 0.717) is 17.7 Å². The van der Waals surface area contributed by atoms with Gasteiger partial charge < -0.3 is 10.6 Å². The maximum atomic E-state index is 13.1. The Morgan fingerprint density at radius 2 is 1.62 bits per heavy atom. The molecule has 1 saturated heterocycles. The van der Waals surface area contributed by atoms with Crippen LogP contribution in [-0.4, -0.2) is 24.0 Å². The molecule has 2 aromatic carbocycles. The predicted octanol–water partition coefficient (Wildman–Crippen LogP) is 3.99. The minimum atomic E-state index is -4.69. The highest BCUT2D eigenvalue weighted by atomic mass is 19.4. The summed E-state index contributed by atoms with van der Waals surface area (Å²) in [7, 11) is 0. The van der Waals surface area contributed by atoms with Crippen molar-refractivity contribution in [2.24, 2.45) is 0 Å². The third-order valence-electron chi connectivity index (χ3n) is 4.90. The fourth-order valence-corrected chi connectivity index (χ4v) is 3.36. The molecule has 0 saturated carbocycles. The molecule has 3 rings (SSSR count). The molecule has 5 nitrogen and oxygen atoms in total. The van der Waals surface area contributed by atoms with Gasteiger partial charge in [-0.1, -0.05) is 42.5 Å². The number of hydrogen-bond acceptors (Lipinski definition) is 3. The van der Waals surface area contributed by atoms with Gasteiger partial charge in [0.1, 0.15) is 6.17 Å². The first-order chi connectivity index (χ1) is 14.9. The van der Waals surface area contributed by atoms with Gasteiger partial charge in [-0.3, -0.25) is 14.9 Å². The van der Waals surface area contributed by atoms with Gasteiger partial charge in [-0.05, 0) is 23.3 Å². The van der Waals surface area contributed by atoms with Crippen molar-refractivity contribution in [3.8, 4) is 0 Å². The first-order valence-electron chi connectivity index (χ1n) is 9.57. The fourth-order valence-electron chi connectivity index (χ4n) is 3.36. The van der Waals surface area contributed by atoms with Crippen LogP contribution in [0.2, 0.25) is 0 Å². The van der Waals surface area contributed by atoms with Crippen molar-refractivity contribution in [3.63, 3.8) is 0 Å². The van der Waals surface area contributed by atoms with E-state index in [0.717, 1.165) is 12.1 Å². The predicted molar refractivity (Wildman–Crippen MR) is 102 cm³/mol. The zero-order chi connectivity index (χ0) is 23.5. The highest BCUT2D eigenvalue weighted by Crippen LogP contribution is 2.33. The molecule has 0 bridgehead atoms. The first kappa shape index (κ1) is 23.6. The Hall–Kier alpha value is -3.08. The van der Waals surface area contributed by atoms with Crippen LogP contribution in [0, 0.1) is 0 Å². The molecular weight excluding hydrogens is 440 g/mol. The highest BCUT2D eigenvalue weighted by Gasteiger charge is 2.37. The van der Waals surface area contributed by atoms with Crippen molar-refractivity contribution in [2.75, 3.05) is 0 Å². The molecule has 2 aromatic rings. The third kappa shape index (κ3) is 6.22. The van der Waals surface area contributed by atoms with Crippen LogP contribution in [0.3, 0.4) is 0 Å². The van der Waals surface area contributed by atoms with Crippen LogP contribution in [0.25, 0.3) is 0 Å². The van der Waals surface area contributed by atoms with Crippen LogP contribution in [0.4, 0.5) is 26.3 Å². The molecule has 0 spiro atoms. The van der Waals surface area contributed by atoms with Crippen molar-refractivity contribution >= 4 is 11.8 Å².